The van der Waals surface area contributed by atoms with Gasteiger partial charge in [-0.25, -0.2) is 0 Å². The Kier molecular flexibility index (Phi) is 1.36. The highest BCUT2D eigenvalue weighted by molar-refractivity contribution is 5.19. The number of hydrogen-bond acceptors (Lipinski definition) is 1. The standard InChI is InChI=1S/C9H17N/c1-7(10)9(5-6-9)8(2,3)4/h1,5-6,10H2,2-4H3. The van der Waals surface area contributed by atoms with Crippen LogP contribution in [0.15, 0.2) is 12.3 Å². The van der Waals surface area contributed by atoms with E-state index >= 15 is 0 Å². The first kappa shape index (κ1) is 7.64. The molecule has 0 heterocycles. The van der Waals surface area contributed by atoms with Crippen molar-refractivity contribution in [3.63, 3.8) is 0 Å². The molecular weight excluding hydrogens is 122 g/mol. The fourth-order valence-electron chi connectivity index (χ4n) is 1.68. The van der Waals surface area contributed by atoms with Gasteiger partial charge >= 0.3 is 0 Å². The van der Waals surface area contributed by atoms with E-state index in [0.717, 1.165) is 5.70 Å². The van der Waals surface area contributed by atoms with Gasteiger partial charge in [0.05, 0.1) is 0 Å². The Morgan fingerprint density at radius 3 is 1.80 bits per heavy atom. The molecule has 10 heavy (non-hydrogen) atoms. The van der Waals surface area contributed by atoms with Crippen molar-refractivity contribution in [2.24, 2.45) is 16.6 Å². The van der Waals surface area contributed by atoms with E-state index in [1.54, 1.807) is 0 Å². The van der Waals surface area contributed by atoms with E-state index in [1.165, 1.54) is 12.8 Å². The highest BCUT2D eigenvalue weighted by Crippen LogP contribution is 2.61. The molecule has 0 radical (unpaired) electrons. The van der Waals surface area contributed by atoms with Crippen LogP contribution >= 0.6 is 0 Å². The summed E-state index contributed by atoms with van der Waals surface area (Å²) in [6, 6.07) is 0. The normalized spacial score (nSPS) is 22.3. The monoisotopic (exact) mass is 139 g/mol. The smallest absolute Gasteiger partial charge is 0.0142 e. The predicted molar refractivity (Wildman–Crippen MR) is 44.4 cm³/mol. The molecule has 1 aliphatic rings. The topological polar surface area (TPSA) is 26.0 Å². The first-order valence-corrected chi connectivity index (χ1v) is 3.85. The van der Waals surface area contributed by atoms with Crippen LogP contribution in [0.25, 0.3) is 0 Å². The van der Waals surface area contributed by atoms with Crippen molar-refractivity contribution in [3.05, 3.63) is 12.3 Å². The maximum Gasteiger partial charge on any atom is 0.0142 e. The summed E-state index contributed by atoms with van der Waals surface area (Å²) in [5.41, 5.74) is 7.17. The van der Waals surface area contributed by atoms with E-state index in [-0.39, 0.29) is 5.41 Å². The van der Waals surface area contributed by atoms with Crippen molar-refractivity contribution in [2.45, 2.75) is 33.6 Å². The third kappa shape index (κ3) is 0.845. The van der Waals surface area contributed by atoms with Crippen molar-refractivity contribution in [1.82, 2.24) is 0 Å². The maximum absolute atomic E-state index is 5.72. The first-order valence-electron chi connectivity index (χ1n) is 3.85. The molecule has 58 valence electrons. The van der Waals surface area contributed by atoms with Gasteiger partial charge in [-0.15, -0.1) is 0 Å². The zero-order chi connectivity index (χ0) is 7.99. The molecule has 0 aromatic carbocycles. The summed E-state index contributed by atoms with van der Waals surface area (Å²) < 4.78 is 0. The number of hydrogen-bond donors (Lipinski definition) is 1. The summed E-state index contributed by atoms with van der Waals surface area (Å²) in [7, 11) is 0. The van der Waals surface area contributed by atoms with Crippen molar-refractivity contribution < 1.29 is 0 Å². The number of rotatable bonds is 1. The van der Waals surface area contributed by atoms with Crippen molar-refractivity contribution in [3.8, 4) is 0 Å². The SMILES string of the molecule is C=C(N)C1(C(C)(C)C)CC1. The van der Waals surface area contributed by atoms with Crippen LogP contribution in [0.3, 0.4) is 0 Å². The lowest BCUT2D eigenvalue weighted by Crippen LogP contribution is -2.27. The Balaban J connectivity index is 2.80. The molecule has 1 rings (SSSR count). The van der Waals surface area contributed by atoms with Gasteiger partial charge in [0.2, 0.25) is 0 Å². The van der Waals surface area contributed by atoms with Crippen LogP contribution in [0.5, 0.6) is 0 Å². The zero-order valence-corrected chi connectivity index (χ0v) is 7.20. The van der Waals surface area contributed by atoms with E-state index in [0.29, 0.717) is 5.41 Å². The van der Waals surface area contributed by atoms with Gasteiger partial charge in [0.15, 0.2) is 0 Å². The van der Waals surface area contributed by atoms with E-state index < -0.39 is 0 Å². The molecule has 0 saturated heterocycles. The lowest BCUT2D eigenvalue weighted by Gasteiger charge is -2.30. The predicted octanol–water partition coefficient (Wildman–Crippen LogP) is 2.29. The summed E-state index contributed by atoms with van der Waals surface area (Å²) in [4.78, 5) is 0. The van der Waals surface area contributed by atoms with Gasteiger partial charge in [0.25, 0.3) is 0 Å². The van der Waals surface area contributed by atoms with Crippen molar-refractivity contribution in [1.29, 1.82) is 0 Å². The average Bonchev–Trinajstić information content (AvgIpc) is 2.36. The maximum atomic E-state index is 5.72. The second-order valence-electron chi connectivity index (χ2n) is 4.36. The van der Waals surface area contributed by atoms with E-state index in [4.69, 9.17) is 5.73 Å². The molecule has 1 fully saturated rings. The molecule has 1 aliphatic carbocycles. The molecule has 1 heteroatoms. The van der Waals surface area contributed by atoms with E-state index in [1.807, 2.05) is 0 Å². The van der Waals surface area contributed by atoms with E-state index in [2.05, 4.69) is 27.4 Å². The summed E-state index contributed by atoms with van der Waals surface area (Å²) >= 11 is 0. The minimum atomic E-state index is 0.271. The van der Waals surface area contributed by atoms with Crippen molar-refractivity contribution >= 4 is 0 Å². The molecule has 0 atom stereocenters. The molecule has 2 N–H and O–H groups in total. The van der Waals surface area contributed by atoms with Gasteiger partial charge in [0, 0.05) is 11.1 Å². The summed E-state index contributed by atoms with van der Waals surface area (Å²) in [6.07, 6.45) is 2.46. The van der Waals surface area contributed by atoms with E-state index in [9.17, 15) is 0 Å². The molecule has 1 saturated carbocycles. The minimum absolute atomic E-state index is 0.271. The quantitative estimate of drug-likeness (QED) is 0.592. The summed E-state index contributed by atoms with van der Waals surface area (Å²) in [5.74, 6) is 0. The van der Waals surface area contributed by atoms with Gasteiger partial charge in [-0.2, -0.15) is 0 Å². The zero-order valence-electron chi connectivity index (χ0n) is 7.20. The highest BCUT2D eigenvalue weighted by atomic mass is 14.7. The molecule has 0 bridgehead atoms. The second kappa shape index (κ2) is 1.77. The Hall–Kier alpha value is -0.460. The Bertz CT molecular complexity index is 158. The average molecular weight is 139 g/mol. The summed E-state index contributed by atoms with van der Waals surface area (Å²) in [6.45, 7) is 10.5. The molecule has 0 aromatic rings. The lowest BCUT2D eigenvalue weighted by molar-refractivity contribution is 0.254. The molecule has 0 aliphatic heterocycles. The fourth-order valence-corrected chi connectivity index (χ4v) is 1.68. The molecule has 1 nitrogen and oxygen atoms in total. The van der Waals surface area contributed by atoms with Crippen LogP contribution in [-0.4, -0.2) is 0 Å². The molecule has 0 amide bonds. The van der Waals surface area contributed by atoms with Crippen LogP contribution in [0.2, 0.25) is 0 Å². The van der Waals surface area contributed by atoms with Gasteiger partial charge in [0.1, 0.15) is 0 Å². The van der Waals surface area contributed by atoms with Gasteiger partial charge in [-0.05, 0) is 18.3 Å². The van der Waals surface area contributed by atoms with Crippen LogP contribution in [0.4, 0.5) is 0 Å². The Morgan fingerprint density at radius 2 is 1.80 bits per heavy atom. The Morgan fingerprint density at radius 1 is 1.40 bits per heavy atom. The van der Waals surface area contributed by atoms with Crippen LogP contribution < -0.4 is 5.73 Å². The molecule has 0 unspecified atom stereocenters. The third-order valence-electron chi connectivity index (χ3n) is 2.80. The lowest BCUT2D eigenvalue weighted by atomic mass is 9.76. The highest BCUT2D eigenvalue weighted by Gasteiger charge is 2.53. The molecule has 0 aromatic heterocycles. The number of allylic oxidation sites excluding steroid dienone is 1. The van der Waals surface area contributed by atoms with Crippen LogP contribution in [-0.2, 0) is 0 Å². The summed E-state index contributed by atoms with van der Waals surface area (Å²) in [5, 5.41) is 0. The van der Waals surface area contributed by atoms with Crippen LogP contribution in [0, 0.1) is 10.8 Å². The van der Waals surface area contributed by atoms with Gasteiger partial charge in [-0.1, -0.05) is 27.4 Å². The molecule has 0 spiro atoms. The van der Waals surface area contributed by atoms with Gasteiger partial charge < -0.3 is 5.73 Å². The largest absolute Gasteiger partial charge is 0.402 e. The fraction of sp³-hybridized carbons (Fsp3) is 0.778. The second-order valence-corrected chi connectivity index (χ2v) is 4.36. The van der Waals surface area contributed by atoms with Gasteiger partial charge in [-0.3, -0.25) is 0 Å². The van der Waals surface area contributed by atoms with Crippen molar-refractivity contribution in [2.75, 3.05) is 0 Å². The van der Waals surface area contributed by atoms with Crippen LogP contribution in [0.1, 0.15) is 33.6 Å². The molecular formula is C9H17N. The number of nitrogens with two attached hydrogens (primary N) is 1. The third-order valence-corrected chi connectivity index (χ3v) is 2.80. The first-order chi connectivity index (χ1) is 4.40. The minimum Gasteiger partial charge on any atom is -0.402 e. The Labute approximate surface area is 63.3 Å².